The molecular formula is C11H18F3N3O2. The SMILES string of the molecule is C[C@@H]1CCN(C(=O)NCC(=O)N(C)CC(F)(F)F)C1. The highest BCUT2D eigenvalue weighted by Crippen LogP contribution is 2.16. The van der Waals surface area contributed by atoms with E-state index in [0.29, 0.717) is 23.9 Å². The molecule has 0 aliphatic carbocycles. The topological polar surface area (TPSA) is 52.7 Å². The molecule has 0 bridgehead atoms. The minimum absolute atomic E-state index is 0.405. The van der Waals surface area contributed by atoms with Gasteiger partial charge in [0.1, 0.15) is 6.54 Å². The molecule has 8 heteroatoms. The van der Waals surface area contributed by atoms with E-state index in [1.54, 1.807) is 4.90 Å². The van der Waals surface area contributed by atoms with Crippen LogP contribution in [0.25, 0.3) is 0 Å². The van der Waals surface area contributed by atoms with Crippen molar-refractivity contribution in [1.82, 2.24) is 15.1 Å². The Morgan fingerprint density at radius 1 is 1.42 bits per heavy atom. The summed E-state index contributed by atoms with van der Waals surface area (Å²) in [4.78, 5) is 25.1. The van der Waals surface area contributed by atoms with Crippen LogP contribution in [0.3, 0.4) is 0 Å². The third-order valence-corrected chi connectivity index (χ3v) is 2.94. The van der Waals surface area contributed by atoms with Crippen molar-refractivity contribution < 1.29 is 22.8 Å². The van der Waals surface area contributed by atoms with E-state index >= 15 is 0 Å². The van der Waals surface area contributed by atoms with Crippen LogP contribution in [0.4, 0.5) is 18.0 Å². The quantitative estimate of drug-likeness (QED) is 0.841. The Hall–Kier alpha value is -1.47. The number of halogens is 3. The highest BCUT2D eigenvalue weighted by molar-refractivity contribution is 5.84. The lowest BCUT2D eigenvalue weighted by Crippen LogP contribution is -2.45. The van der Waals surface area contributed by atoms with Gasteiger partial charge >= 0.3 is 12.2 Å². The number of rotatable bonds is 3. The van der Waals surface area contributed by atoms with Crippen LogP contribution in [-0.4, -0.2) is 61.1 Å². The Labute approximate surface area is 109 Å². The number of amides is 3. The molecule has 0 aromatic rings. The maximum atomic E-state index is 12.1. The normalized spacial score (nSPS) is 19.4. The first-order valence-electron chi connectivity index (χ1n) is 6.02. The maximum Gasteiger partial charge on any atom is 0.406 e. The molecule has 0 aromatic carbocycles. The number of hydrogen-bond acceptors (Lipinski definition) is 2. The molecule has 1 aliphatic heterocycles. The molecule has 1 fully saturated rings. The van der Waals surface area contributed by atoms with Crippen LogP contribution >= 0.6 is 0 Å². The molecular weight excluding hydrogens is 263 g/mol. The fraction of sp³-hybridized carbons (Fsp3) is 0.818. The Morgan fingerprint density at radius 3 is 2.53 bits per heavy atom. The first-order chi connectivity index (χ1) is 8.69. The van der Waals surface area contributed by atoms with E-state index < -0.39 is 31.2 Å². The van der Waals surface area contributed by atoms with Crippen molar-refractivity contribution in [2.24, 2.45) is 5.92 Å². The van der Waals surface area contributed by atoms with Gasteiger partial charge in [-0.2, -0.15) is 13.2 Å². The zero-order chi connectivity index (χ0) is 14.6. The number of hydrogen-bond donors (Lipinski definition) is 1. The van der Waals surface area contributed by atoms with Crippen LogP contribution < -0.4 is 5.32 Å². The van der Waals surface area contributed by atoms with E-state index in [-0.39, 0.29) is 0 Å². The predicted octanol–water partition coefficient (Wildman–Crippen LogP) is 1.06. The second-order valence-corrected chi connectivity index (χ2v) is 4.86. The number of likely N-dealkylation sites (tertiary alicyclic amines) is 1. The van der Waals surface area contributed by atoms with Gasteiger partial charge in [-0.15, -0.1) is 0 Å². The van der Waals surface area contributed by atoms with E-state index in [4.69, 9.17) is 0 Å². The van der Waals surface area contributed by atoms with Gasteiger partial charge in [0.25, 0.3) is 0 Å². The lowest BCUT2D eigenvalue weighted by Gasteiger charge is -2.21. The Balaban J connectivity index is 2.31. The van der Waals surface area contributed by atoms with Crippen molar-refractivity contribution in [2.45, 2.75) is 19.5 Å². The van der Waals surface area contributed by atoms with Crippen molar-refractivity contribution in [3.63, 3.8) is 0 Å². The molecule has 0 unspecified atom stereocenters. The Kier molecular flexibility index (Phi) is 5.02. The summed E-state index contributed by atoms with van der Waals surface area (Å²) in [6, 6.07) is -0.405. The van der Waals surface area contributed by atoms with Gasteiger partial charge in [-0.25, -0.2) is 4.79 Å². The molecule has 0 radical (unpaired) electrons. The van der Waals surface area contributed by atoms with Crippen LogP contribution in [0.2, 0.25) is 0 Å². The van der Waals surface area contributed by atoms with E-state index in [1.165, 1.54) is 0 Å². The summed E-state index contributed by atoms with van der Waals surface area (Å²) in [5.74, 6) is -0.354. The van der Waals surface area contributed by atoms with Gasteiger partial charge in [-0.3, -0.25) is 4.79 Å². The van der Waals surface area contributed by atoms with Crippen molar-refractivity contribution >= 4 is 11.9 Å². The van der Waals surface area contributed by atoms with Gasteiger partial charge in [-0.05, 0) is 12.3 Å². The lowest BCUT2D eigenvalue weighted by molar-refractivity contribution is -0.157. The van der Waals surface area contributed by atoms with Crippen molar-refractivity contribution in [3.8, 4) is 0 Å². The molecule has 0 aromatic heterocycles. The van der Waals surface area contributed by atoms with E-state index in [2.05, 4.69) is 5.32 Å². The zero-order valence-electron chi connectivity index (χ0n) is 11.0. The lowest BCUT2D eigenvalue weighted by atomic mass is 10.2. The predicted molar refractivity (Wildman–Crippen MR) is 62.4 cm³/mol. The minimum atomic E-state index is -4.43. The van der Waals surface area contributed by atoms with Gasteiger partial charge in [0.05, 0.1) is 6.54 Å². The molecule has 1 N–H and O–H groups in total. The number of nitrogens with zero attached hydrogens (tertiary/aromatic N) is 2. The summed E-state index contributed by atoms with van der Waals surface area (Å²) in [6.45, 7) is 1.49. The first-order valence-corrected chi connectivity index (χ1v) is 6.02. The third kappa shape index (κ3) is 5.35. The van der Waals surface area contributed by atoms with Crippen LogP contribution in [0.1, 0.15) is 13.3 Å². The summed E-state index contributed by atoms with van der Waals surface area (Å²) < 4.78 is 36.2. The number of likely N-dealkylation sites (N-methyl/N-ethyl adjacent to an activating group) is 1. The summed E-state index contributed by atoms with van der Waals surface area (Å²) in [5, 5.41) is 2.34. The summed E-state index contributed by atoms with van der Waals surface area (Å²) >= 11 is 0. The summed E-state index contributed by atoms with van der Waals surface area (Å²) in [6.07, 6.45) is -3.53. The van der Waals surface area contributed by atoms with Crippen molar-refractivity contribution in [2.75, 3.05) is 33.2 Å². The zero-order valence-corrected chi connectivity index (χ0v) is 11.0. The number of carbonyl (C=O) groups is 2. The van der Waals surface area contributed by atoms with Gasteiger partial charge in [-0.1, -0.05) is 6.92 Å². The molecule has 19 heavy (non-hydrogen) atoms. The highest BCUT2D eigenvalue weighted by Gasteiger charge is 2.31. The average Bonchev–Trinajstić information content (AvgIpc) is 2.69. The van der Waals surface area contributed by atoms with E-state index in [1.807, 2.05) is 6.92 Å². The minimum Gasteiger partial charge on any atom is -0.335 e. The summed E-state index contributed by atoms with van der Waals surface area (Å²) in [7, 11) is 1.06. The van der Waals surface area contributed by atoms with Gasteiger partial charge in [0.15, 0.2) is 0 Å². The van der Waals surface area contributed by atoms with Gasteiger partial charge in [0.2, 0.25) is 5.91 Å². The number of nitrogens with one attached hydrogen (secondary N) is 1. The third-order valence-electron chi connectivity index (χ3n) is 2.94. The van der Waals surface area contributed by atoms with Crippen molar-refractivity contribution in [3.05, 3.63) is 0 Å². The fourth-order valence-electron chi connectivity index (χ4n) is 1.87. The molecule has 3 amide bonds. The van der Waals surface area contributed by atoms with Crippen LogP contribution in [-0.2, 0) is 4.79 Å². The number of urea groups is 1. The second kappa shape index (κ2) is 6.12. The maximum absolute atomic E-state index is 12.1. The largest absolute Gasteiger partial charge is 0.406 e. The Bertz CT molecular complexity index is 347. The van der Waals surface area contributed by atoms with E-state index in [9.17, 15) is 22.8 Å². The van der Waals surface area contributed by atoms with Gasteiger partial charge in [0, 0.05) is 20.1 Å². The first kappa shape index (κ1) is 15.6. The molecule has 1 heterocycles. The molecule has 0 saturated carbocycles. The smallest absolute Gasteiger partial charge is 0.335 e. The number of alkyl halides is 3. The van der Waals surface area contributed by atoms with E-state index in [0.717, 1.165) is 13.5 Å². The molecule has 1 rings (SSSR count). The molecule has 110 valence electrons. The molecule has 1 aliphatic rings. The van der Waals surface area contributed by atoms with Crippen LogP contribution in [0.5, 0.6) is 0 Å². The van der Waals surface area contributed by atoms with Crippen molar-refractivity contribution in [1.29, 1.82) is 0 Å². The second-order valence-electron chi connectivity index (χ2n) is 4.86. The van der Waals surface area contributed by atoms with Gasteiger partial charge < -0.3 is 15.1 Å². The Morgan fingerprint density at radius 2 is 2.05 bits per heavy atom. The number of carbonyl (C=O) groups excluding carboxylic acids is 2. The standard InChI is InChI=1S/C11H18F3N3O2/c1-8-3-4-17(6-8)10(19)15-5-9(18)16(2)7-11(12,13)14/h8H,3-7H2,1-2H3,(H,15,19)/t8-/m1/s1. The molecule has 1 atom stereocenters. The summed E-state index contributed by atoms with van der Waals surface area (Å²) in [5.41, 5.74) is 0. The van der Waals surface area contributed by atoms with Crippen LogP contribution in [0, 0.1) is 5.92 Å². The molecule has 5 nitrogen and oxygen atoms in total. The molecule has 1 saturated heterocycles. The highest BCUT2D eigenvalue weighted by atomic mass is 19.4. The average molecular weight is 281 g/mol. The monoisotopic (exact) mass is 281 g/mol. The molecule has 0 spiro atoms. The fourth-order valence-corrected chi connectivity index (χ4v) is 1.87. The van der Waals surface area contributed by atoms with Crippen LogP contribution in [0.15, 0.2) is 0 Å².